The fourth-order valence-electron chi connectivity index (χ4n) is 3.59. The van der Waals surface area contributed by atoms with Gasteiger partial charge in [0.2, 0.25) is 6.79 Å². The Morgan fingerprint density at radius 1 is 0.793 bits per heavy atom. The second-order valence-corrected chi connectivity index (χ2v) is 7.32. The summed E-state index contributed by atoms with van der Waals surface area (Å²) in [4.78, 5) is 2.49. The predicted octanol–water partition coefficient (Wildman–Crippen LogP) is 5.56. The van der Waals surface area contributed by atoms with Crippen molar-refractivity contribution in [3.63, 3.8) is 0 Å². The van der Waals surface area contributed by atoms with E-state index in [0.717, 1.165) is 44.0 Å². The molecular weight excluding hydrogens is 358 g/mol. The van der Waals surface area contributed by atoms with E-state index in [-0.39, 0.29) is 0 Å². The zero-order chi connectivity index (χ0) is 19.7. The SMILES string of the molecule is C(=Cc1ccccc1)CN(CCCc1ccccc1)Cc1ccc2c(c1)OCO2. The smallest absolute Gasteiger partial charge is 0.231 e. The largest absolute Gasteiger partial charge is 0.454 e. The van der Waals surface area contributed by atoms with Gasteiger partial charge in [0.15, 0.2) is 11.5 Å². The molecule has 0 saturated carbocycles. The van der Waals surface area contributed by atoms with Crippen LogP contribution < -0.4 is 9.47 Å². The van der Waals surface area contributed by atoms with Crippen LogP contribution in [0.25, 0.3) is 6.08 Å². The van der Waals surface area contributed by atoms with E-state index >= 15 is 0 Å². The molecule has 1 aliphatic heterocycles. The van der Waals surface area contributed by atoms with E-state index in [9.17, 15) is 0 Å². The van der Waals surface area contributed by atoms with Crippen molar-refractivity contribution in [3.8, 4) is 11.5 Å². The average Bonchev–Trinajstić information content (AvgIpc) is 3.23. The first-order chi connectivity index (χ1) is 14.4. The number of rotatable bonds is 9. The molecule has 0 aliphatic carbocycles. The molecule has 3 aromatic rings. The van der Waals surface area contributed by atoms with E-state index in [4.69, 9.17) is 9.47 Å². The van der Waals surface area contributed by atoms with Crippen LogP contribution in [0.5, 0.6) is 11.5 Å². The number of hydrogen-bond donors (Lipinski definition) is 0. The maximum Gasteiger partial charge on any atom is 0.231 e. The van der Waals surface area contributed by atoms with Crippen molar-refractivity contribution in [2.45, 2.75) is 19.4 Å². The molecule has 3 nitrogen and oxygen atoms in total. The second kappa shape index (κ2) is 9.94. The Bertz CT molecular complexity index is 922. The van der Waals surface area contributed by atoms with Crippen LogP contribution in [0.2, 0.25) is 0 Å². The van der Waals surface area contributed by atoms with Gasteiger partial charge in [-0.25, -0.2) is 0 Å². The Morgan fingerprint density at radius 3 is 2.38 bits per heavy atom. The maximum absolute atomic E-state index is 5.54. The Kier molecular flexibility index (Phi) is 6.61. The molecule has 0 saturated heterocycles. The molecule has 0 unspecified atom stereocenters. The molecule has 3 aromatic carbocycles. The van der Waals surface area contributed by atoms with E-state index in [2.05, 4.69) is 83.8 Å². The molecule has 1 heterocycles. The Morgan fingerprint density at radius 2 is 1.55 bits per heavy atom. The average molecular weight is 386 g/mol. The van der Waals surface area contributed by atoms with Crippen molar-refractivity contribution in [1.29, 1.82) is 0 Å². The van der Waals surface area contributed by atoms with E-state index in [1.165, 1.54) is 16.7 Å². The zero-order valence-corrected chi connectivity index (χ0v) is 16.7. The van der Waals surface area contributed by atoms with Crippen LogP contribution in [0, 0.1) is 0 Å². The van der Waals surface area contributed by atoms with Gasteiger partial charge in [-0.1, -0.05) is 78.9 Å². The molecule has 3 heteroatoms. The molecule has 148 valence electrons. The van der Waals surface area contributed by atoms with Crippen molar-refractivity contribution in [1.82, 2.24) is 4.90 Å². The number of ether oxygens (including phenoxy) is 2. The summed E-state index contributed by atoms with van der Waals surface area (Å²) in [7, 11) is 0. The topological polar surface area (TPSA) is 21.7 Å². The van der Waals surface area contributed by atoms with Crippen LogP contribution in [-0.4, -0.2) is 24.8 Å². The summed E-state index contributed by atoms with van der Waals surface area (Å²) in [6.45, 7) is 3.17. The Balaban J connectivity index is 1.39. The fraction of sp³-hybridized carbons (Fsp3) is 0.231. The summed E-state index contributed by atoms with van der Waals surface area (Å²) >= 11 is 0. The molecule has 0 atom stereocenters. The summed E-state index contributed by atoms with van der Waals surface area (Å²) in [5.41, 5.74) is 3.89. The first kappa shape index (κ1) is 19.3. The monoisotopic (exact) mass is 385 g/mol. The first-order valence-electron chi connectivity index (χ1n) is 10.2. The van der Waals surface area contributed by atoms with Gasteiger partial charge in [0.25, 0.3) is 0 Å². The lowest BCUT2D eigenvalue weighted by molar-refractivity contribution is 0.174. The number of hydrogen-bond acceptors (Lipinski definition) is 3. The molecule has 0 radical (unpaired) electrons. The summed E-state index contributed by atoms with van der Waals surface area (Å²) in [5.74, 6) is 1.69. The van der Waals surface area contributed by atoms with Crippen molar-refractivity contribution in [3.05, 3.63) is 102 Å². The molecule has 0 fully saturated rings. The van der Waals surface area contributed by atoms with E-state index < -0.39 is 0 Å². The third-order valence-electron chi connectivity index (χ3n) is 5.10. The van der Waals surface area contributed by atoms with Crippen LogP contribution >= 0.6 is 0 Å². The lowest BCUT2D eigenvalue weighted by Crippen LogP contribution is -2.25. The highest BCUT2D eigenvalue weighted by Gasteiger charge is 2.14. The molecule has 0 bridgehead atoms. The van der Waals surface area contributed by atoms with Crippen LogP contribution in [0.3, 0.4) is 0 Å². The van der Waals surface area contributed by atoms with Gasteiger partial charge in [0.05, 0.1) is 0 Å². The normalized spacial score (nSPS) is 12.7. The molecule has 0 N–H and O–H groups in total. The number of aryl methyl sites for hydroxylation is 1. The lowest BCUT2D eigenvalue weighted by Gasteiger charge is -2.21. The minimum absolute atomic E-state index is 0.319. The third-order valence-corrected chi connectivity index (χ3v) is 5.10. The lowest BCUT2D eigenvalue weighted by atomic mass is 10.1. The highest BCUT2D eigenvalue weighted by Crippen LogP contribution is 2.32. The minimum atomic E-state index is 0.319. The first-order valence-corrected chi connectivity index (χ1v) is 10.2. The van der Waals surface area contributed by atoms with Gasteiger partial charge in [-0.3, -0.25) is 4.90 Å². The summed E-state index contributed by atoms with van der Waals surface area (Å²) < 4.78 is 11.0. The second-order valence-electron chi connectivity index (χ2n) is 7.32. The van der Waals surface area contributed by atoms with Crippen LogP contribution in [-0.2, 0) is 13.0 Å². The molecule has 0 spiro atoms. The molecule has 0 aromatic heterocycles. The molecular formula is C26H27NO2. The molecule has 1 aliphatic rings. The molecule has 4 rings (SSSR count). The van der Waals surface area contributed by atoms with Crippen LogP contribution in [0.4, 0.5) is 0 Å². The van der Waals surface area contributed by atoms with Crippen molar-refractivity contribution in [2.75, 3.05) is 19.9 Å². The van der Waals surface area contributed by atoms with Gasteiger partial charge in [0, 0.05) is 13.1 Å². The summed E-state index contributed by atoms with van der Waals surface area (Å²) in [5, 5.41) is 0. The number of benzene rings is 3. The standard InChI is InChI=1S/C26H27NO2/c1-3-9-22(10-4-1)13-7-17-27(18-8-14-23-11-5-2-6-12-23)20-24-15-16-25-26(19-24)29-21-28-25/h1-7,9-13,15-16,19H,8,14,17-18,20-21H2. The van der Waals surface area contributed by atoms with Crippen LogP contribution in [0.15, 0.2) is 84.9 Å². The van der Waals surface area contributed by atoms with Gasteiger partial charge in [-0.15, -0.1) is 0 Å². The van der Waals surface area contributed by atoms with Gasteiger partial charge in [0.1, 0.15) is 0 Å². The Labute approximate surface area is 173 Å². The van der Waals surface area contributed by atoms with Crippen LogP contribution in [0.1, 0.15) is 23.1 Å². The van der Waals surface area contributed by atoms with Crippen molar-refractivity contribution < 1.29 is 9.47 Å². The van der Waals surface area contributed by atoms with Gasteiger partial charge in [-0.2, -0.15) is 0 Å². The fourth-order valence-corrected chi connectivity index (χ4v) is 3.59. The summed E-state index contributed by atoms with van der Waals surface area (Å²) in [6.07, 6.45) is 6.68. The highest BCUT2D eigenvalue weighted by atomic mass is 16.7. The van der Waals surface area contributed by atoms with E-state index in [1.54, 1.807) is 0 Å². The van der Waals surface area contributed by atoms with Gasteiger partial charge >= 0.3 is 0 Å². The maximum atomic E-state index is 5.54. The minimum Gasteiger partial charge on any atom is -0.454 e. The summed E-state index contributed by atoms with van der Waals surface area (Å²) in [6, 6.07) is 27.4. The molecule has 0 amide bonds. The molecule has 29 heavy (non-hydrogen) atoms. The van der Waals surface area contributed by atoms with Crippen molar-refractivity contribution >= 4 is 6.08 Å². The number of fused-ring (bicyclic) bond motifs is 1. The van der Waals surface area contributed by atoms with E-state index in [1.807, 2.05) is 12.1 Å². The quantitative estimate of drug-likeness (QED) is 0.481. The zero-order valence-electron chi connectivity index (χ0n) is 16.7. The van der Waals surface area contributed by atoms with Gasteiger partial charge in [-0.05, 0) is 48.2 Å². The number of nitrogens with zero attached hydrogens (tertiary/aromatic N) is 1. The third kappa shape index (κ3) is 5.72. The highest BCUT2D eigenvalue weighted by molar-refractivity contribution is 5.49. The predicted molar refractivity (Wildman–Crippen MR) is 118 cm³/mol. The Hall–Kier alpha value is -3.04. The van der Waals surface area contributed by atoms with Crippen molar-refractivity contribution in [2.24, 2.45) is 0 Å². The van der Waals surface area contributed by atoms with Gasteiger partial charge < -0.3 is 9.47 Å². The van der Waals surface area contributed by atoms with E-state index in [0.29, 0.717) is 6.79 Å².